The number of aromatic hydroxyl groups is 1. The number of aromatic amines is 2. The number of hydrogen-bond acceptors (Lipinski definition) is 3. The molecule has 110 valence electrons. The fraction of sp³-hybridized carbons (Fsp3) is 0. The molecule has 0 spiro atoms. The van der Waals surface area contributed by atoms with E-state index >= 15 is 0 Å². The van der Waals surface area contributed by atoms with Gasteiger partial charge in [-0.2, -0.15) is 0 Å². The Balaban J connectivity index is 0.00000104. The summed E-state index contributed by atoms with van der Waals surface area (Å²) in [4.78, 5) is 17.4. The van der Waals surface area contributed by atoms with E-state index in [1.165, 1.54) is 0 Å². The fourth-order valence-corrected chi connectivity index (χ4v) is 3.17. The number of nitrogens with one attached hydrogen (secondary N) is 2. The van der Waals surface area contributed by atoms with E-state index in [-0.39, 0.29) is 26.2 Å². The number of nitroso groups, excluding NO2 is 1. The number of fused-ring (bicyclic) bond motifs is 2. The van der Waals surface area contributed by atoms with Crippen LogP contribution in [0.1, 0.15) is 1.43 Å². The summed E-state index contributed by atoms with van der Waals surface area (Å²) >= 11 is 3.40. The zero-order valence-electron chi connectivity index (χ0n) is 13.2. The van der Waals surface area contributed by atoms with Gasteiger partial charge in [0.1, 0.15) is 5.69 Å². The molecular formula is C16H11BrLiN3O2. The molecule has 4 rings (SSSR count). The van der Waals surface area contributed by atoms with Gasteiger partial charge in [0.05, 0.1) is 16.8 Å². The van der Waals surface area contributed by atoms with Crippen molar-refractivity contribution >= 4 is 43.4 Å². The van der Waals surface area contributed by atoms with Crippen LogP contribution < -0.4 is 18.9 Å². The van der Waals surface area contributed by atoms with Gasteiger partial charge in [0.25, 0.3) is 0 Å². The Labute approximate surface area is 152 Å². The van der Waals surface area contributed by atoms with E-state index in [1.807, 2.05) is 42.5 Å². The Morgan fingerprint density at radius 3 is 2.61 bits per heavy atom. The first-order valence-corrected chi connectivity index (χ1v) is 7.43. The number of hydrogen-bond donors (Lipinski definition) is 3. The molecule has 0 amide bonds. The van der Waals surface area contributed by atoms with Crippen molar-refractivity contribution < 1.29 is 25.4 Å². The summed E-state index contributed by atoms with van der Waals surface area (Å²) in [5.74, 6) is 0.00422. The minimum Gasteiger partial charge on any atom is -1.00 e. The fourth-order valence-electron chi connectivity index (χ4n) is 2.81. The van der Waals surface area contributed by atoms with E-state index in [4.69, 9.17) is 0 Å². The van der Waals surface area contributed by atoms with Gasteiger partial charge in [-0.15, -0.1) is 4.91 Å². The van der Waals surface area contributed by atoms with Crippen LogP contribution in [-0.2, 0) is 0 Å². The third-order valence-electron chi connectivity index (χ3n) is 3.76. The minimum atomic E-state index is 0. The molecule has 0 radical (unpaired) electrons. The third-order valence-corrected chi connectivity index (χ3v) is 4.25. The molecule has 0 atom stereocenters. The summed E-state index contributed by atoms with van der Waals surface area (Å²) in [6.45, 7) is 0. The average molecular weight is 364 g/mol. The minimum absolute atomic E-state index is 0. The third kappa shape index (κ3) is 2.40. The van der Waals surface area contributed by atoms with Crippen molar-refractivity contribution in [3.05, 3.63) is 51.8 Å². The Hall–Kier alpha value is -2.00. The standard InChI is InChI=1S/C16H10BrN3O2.Li.H/c17-8-5-6-9-12(7-8)19-16(21)13(9)15-14(20-22)10-3-1-2-4-11(10)18-15;;/h1-7,18-19,21H;;/q;+1;-1. The summed E-state index contributed by atoms with van der Waals surface area (Å²) < 4.78 is 0.901. The number of rotatable bonds is 2. The summed E-state index contributed by atoms with van der Waals surface area (Å²) in [5.41, 5.74) is 2.95. The van der Waals surface area contributed by atoms with Crippen LogP contribution in [0.25, 0.3) is 33.1 Å². The van der Waals surface area contributed by atoms with Crippen molar-refractivity contribution in [1.82, 2.24) is 9.97 Å². The molecule has 0 bridgehead atoms. The maximum Gasteiger partial charge on any atom is 1.00 e. The molecule has 3 N–H and O–H groups in total. The van der Waals surface area contributed by atoms with Crippen LogP contribution in [0.5, 0.6) is 5.88 Å². The summed E-state index contributed by atoms with van der Waals surface area (Å²) in [7, 11) is 0. The molecule has 23 heavy (non-hydrogen) atoms. The van der Waals surface area contributed by atoms with Crippen LogP contribution in [0.15, 0.2) is 52.1 Å². The van der Waals surface area contributed by atoms with E-state index in [0.717, 1.165) is 26.3 Å². The van der Waals surface area contributed by atoms with Crippen LogP contribution in [0.4, 0.5) is 5.69 Å². The Kier molecular flexibility index (Phi) is 4.07. The quantitative estimate of drug-likeness (QED) is 0.377. The Morgan fingerprint density at radius 2 is 1.83 bits per heavy atom. The number of halogens is 1. The van der Waals surface area contributed by atoms with Crippen LogP contribution in [-0.4, -0.2) is 15.1 Å². The average Bonchev–Trinajstić information content (AvgIpc) is 3.02. The van der Waals surface area contributed by atoms with Gasteiger partial charge in [-0.3, -0.25) is 0 Å². The molecule has 0 aliphatic heterocycles. The predicted molar refractivity (Wildman–Crippen MR) is 91.5 cm³/mol. The molecule has 0 saturated carbocycles. The van der Waals surface area contributed by atoms with Crippen molar-refractivity contribution in [3.63, 3.8) is 0 Å². The molecule has 4 aromatic rings. The zero-order chi connectivity index (χ0) is 15.3. The Morgan fingerprint density at radius 1 is 1.04 bits per heavy atom. The topological polar surface area (TPSA) is 81.2 Å². The molecule has 0 fully saturated rings. The largest absolute Gasteiger partial charge is 1.00 e. The molecule has 0 saturated heterocycles. The molecule has 2 aromatic carbocycles. The van der Waals surface area contributed by atoms with Crippen molar-refractivity contribution in [1.29, 1.82) is 0 Å². The molecular weight excluding hydrogens is 353 g/mol. The second-order valence-corrected chi connectivity index (χ2v) is 5.94. The van der Waals surface area contributed by atoms with Crippen LogP contribution in [0, 0.1) is 4.91 Å². The van der Waals surface area contributed by atoms with Crippen LogP contribution in [0.3, 0.4) is 0 Å². The molecule has 2 heterocycles. The van der Waals surface area contributed by atoms with E-state index < -0.39 is 0 Å². The van der Waals surface area contributed by atoms with E-state index in [9.17, 15) is 10.0 Å². The first-order chi connectivity index (χ1) is 10.7. The summed E-state index contributed by atoms with van der Waals surface area (Å²) in [6, 6.07) is 13.1. The number of benzene rings is 2. The summed E-state index contributed by atoms with van der Waals surface area (Å²) in [6.07, 6.45) is 0. The van der Waals surface area contributed by atoms with Gasteiger partial charge in [0, 0.05) is 20.8 Å². The maximum atomic E-state index is 11.3. The maximum absolute atomic E-state index is 11.3. The summed E-state index contributed by atoms with van der Waals surface area (Å²) in [5, 5.41) is 15.0. The molecule has 0 aliphatic rings. The van der Waals surface area contributed by atoms with Gasteiger partial charge in [-0.25, -0.2) is 0 Å². The number of para-hydroxylation sites is 1. The predicted octanol–water partition coefficient (Wildman–Crippen LogP) is 2.30. The van der Waals surface area contributed by atoms with Crippen molar-refractivity contribution in [2.45, 2.75) is 0 Å². The second kappa shape index (κ2) is 5.89. The smallest absolute Gasteiger partial charge is 1.00 e. The SMILES string of the molecule is O=Nc1c(-c2c(O)[nH]c3cc(Br)ccc23)[nH]c2ccccc12.[H-].[Li+]. The zero-order valence-corrected chi connectivity index (χ0v) is 13.8. The molecule has 5 nitrogen and oxygen atoms in total. The van der Waals surface area contributed by atoms with Gasteiger partial charge >= 0.3 is 18.9 Å². The molecule has 7 heteroatoms. The first kappa shape index (κ1) is 15.9. The van der Waals surface area contributed by atoms with Crippen molar-refractivity contribution in [2.75, 3.05) is 0 Å². The van der Waals surface area contributed by atoms with Gasteiger partial charge in [-0.05, 0) is 23.4 Å². The van der Waals surface area contributed by atoms with E-state index in [0.29, 0.717) is 16.9 Å². The Bertz CT molecular complexity index is 1040. The van der Waals surface area contributed by atoms with E-state index in [1.54, 1.807) is 0 Å². The number of aromatic nitrogens is 2. The molecule has 2 aromatic heterocycles. The molecule has 0 unspecified atom stereocenters. The first-order valence-electron chi connectivity index (χ1n) is 6.63. The van der Waals surface area contributed by atoms with Gasteiger partial charge in [-0.1, -0.05) is 40.2 Å². The van der Waals surface area contributed by atoms with Crippen LogP contribution in [0.2, 0.25) is 0 Å². The van der Waals surface area contributed by atoms with Crippen LogP contribution >= 0.6 is 15.9 Å². The second-order valence-electron chi connectivity index (χ2n) is 5.02. The number of nitrogens with zero attached hydrogens (tertiary/aromatic N) is 1. The molecule has 0 aliphatic carbocycles. The normalized spacial score (nSPS) is 10.8. The monoisotopic (exact) mass is 363 g/mol. The number of H-pyrrole nitrogens is 2. The van der Waals surface area contributed by atoms with Gasteiger partial charge in [0.2, 0.25) is 0 Å². The van der Waals surface area contributed by atoms with Gasteiger partial charge < -0.3 is 16.5 Å². The van der Waals surface area contributed by atoms with Gasteiger partial charge in [0.15, 0.2) is 5.88 Å². The van der Waals surface area contributed by atoms with Crippen molar-refractivity contribution in [2.24, 2.45) is 5.18 Å². The van der Waals surface area contributed by atoms with Crippen molar-refractivity contribution in [3.8, 4) is 17.1 Å². The van der Waals surface area contributed by atoms with E-state index in [2.05, 4.69) is 31.1 Å².